The summed E-state index contributed by atoms with van der Waals surface area (Å²) in [5.41, 5.74) is 1.10. The van der Waals surface area contributed by atoms with Gasteiger partial charge in [0, 0.05) is 35.5 Å². The van der Waals surface area contributed by atoms with Gasteiger partial charge < -0.3 is 25.0 Å². The summed E-state index contributed by atoms with van der Waals surface area (Å²) in [5, 5.41) is 23.6. The standard InChI is InChI=1S/C18H19Cl2NO5/c1-2-25-5-6-26-18(24)14-4-3-13(9-16(14)22)21-10-11-7-12(19)8-15(20)17(11)23/h3-4,7-9,21-23H,2,5-6,10H2,1H3. The number of carbonyl (C=O) groups is 1. The normalized spacial score (nSPS) is 10.6. The predicted molar refractivity (Wildman–Crippen MR) is 100 cm³/mol. The van der Waals surface area contributed by atoms with E-state index in [9.17, 15) is 15.0 Å². The second-order valence-electron chi connectivity index (χ2n) is 5.31. The molecule has 0 aliphatic rings. The van der Waals surface area contributed by atoms with Gasteiger partial charge in [-0.15, -0.1) is 0 Å². The van der Waals surface area contributed by atoms with Gasteiger partial charge in [-0.25, -0.2) is 4.79 Å². The van der Waals surface area contributed by atoms with Gasteiger partial charge in [0.25, 0.3) is 0 Å². The third-order valence-corrected chi connectivity index (χ3v) is 3.98. The number of rotatable bonds is 8. The van der Waals surface area contributed by atoms with Crippen LogP contribution in [0.15, 0.2) is 30.3 Å². The van der Waals surface area contributed by atoms with Crippen LogP contribution in [-0.4, -0.2) is 36.0 Å². The van der Waals surface area contributed by atoms with Crippen molar-refractivity contribution < 1.29 is 24.5 Å². The zero-order chi connectivity index (χ0) is 19.1. The Hall–Kier alpha value is -2.15. The van der Waals surface area contributed by atoms with Crippen LogP contribution < -0.4 is 5.32 Å². The van der Waals surface area contributed by atoms with E-state index in [2.05, 4.69) is 5.32 Å². The van der Waals surface area contributed by atoms with E-state index in [0.717, 1.165) is 0 Å². The number of esters is 1. The third-order valence-electron chi connectivity index (χ3n) is 3.47. The van der Waals surface area contributed by atoms with Gasteiger partial charge in [-0.1, -0.05) is 23.2 Å². The third kappa shape index (κ3) is 5.42. The van der Waals surface area contributed by atoms with Crippen LogP contribution in [0, 0.1) is 0 Å². The highest BCUT2D eigenvalue weighted by Crippen LogP contribution is 2.32. The molecular weight excluding hydrogens is 381 g/mol. The lowest BCUT2D eigenvalue weighted by atomic mass is 10.1. The Bertz CT molecular complexity index is 782. The van der Waals surface area contributed by atoms with Crippen LogP contribution in [0.5, 0.6) is 11.5 Å². The molecule has 0 heterocycles. The Kier molecular flexibility index (Phi) is 7.38. The first-order chi connectivity index (χ1) is 12.4. The largest absolute Gasteiger partial charge is 0.507 e. The van der Waals surface area contributed by atoms with Gasteiger partial charge >= 0.3 is 5.97 Å². The summed E-state index contributed by atoms with van der Waals surface area (Å²) in [7, 11) is 0. The highest BCUT2D eigenvalue weighted by Gasteiger charge is 2.14. The average Bonchev–Trinajstić information content (AvgIpc) is 2.60. The number of phenols is 2. The quantitative estimate of drug-likeness (QED) is 0.455. The molecule has 0 bridgehead atoms. The molecule has 0 spiro atoms. The van der Waals surface area contributed by atoms with Gasteiger partial charge in [-0.2, -0.15) is 0 Å². The molecule has 0 radical (unpaired) electrons. The molecule has 2 rings (SSSR count). The summed E-state index contributed by atoms with van der Waals surface area (Å²) in [6.45, 7) is 3.02. The van der Waals surface area contributed by atoms with Crippen molar-refractivity contribution in [1.82, 2.24) is 0 Å². The summed E-state index contributed by atoms with van der Waals surface area (Å²) < 4.78 is 10.1. The van der Waals surface area contributed by atoms with Crippen molar-refractivity contribution in [3.63, 3.8) is 0 Å². The molecule has 0 saturated heterocycles. The molecule has 0 unspecified atom stereocenters. The van der Waals surface area contributed by atoms with E-state index < -0.39 is 5.97 Å². The van der Waals surface area contributed by atoms with Gasteiger partial charge in [0.2, 0.25) is 0 Å². The molecule has 6 nitrogen and oxygen atoms in total. The Morgan fingerprint density at radius 2 is 1.92 bits per heavy atom. The number of ether oxygens (including phenoxy) is 2. The molecule has 26 heavy (non-hydrogen) atoms. The Morgan fingerprint density at radius 3 is 2.62 bits per heavy atom. The Morgan fingerprint density at radius 1 is 1.15 bits per heavy atom. The van der Waals surface area contributed by atoms with Crippen molar-refractivity contribution >= 4 is 34.9 Å². The maximum Gasteiger partial charge on any atom is 0.341 e. The van der Waals surface area contributed by atoms with Crippen LogP contribution in [0.3, 0.4) is 0 Å². The van der Waals surface area contributed by atoms with Crippen molar-refractivity contribution in [1.29, 1.82) is 0 Å². The number of hydrogen-bond donors (Lipinski definition) is 3. The molecule has 2 aromatic carbocycles. The number of benzene rings is 2. The van der Waals surface area contributed by atoms with Gasteiger partial charge in [0.1, 0.15) is 23.7 Å². The van der Waals surface area contributed by atoms with Crippen LogP contribution in [0.2, 0.25) is 10.0 Å². The van der Waals surface area contributed by atoms with Crippen LogP contribution in [0.4, 0.5) is 5.69 Å². The van der Waals surface area contributed by atoms with Gasteiger partial charge in [-0.05, 0) is 31.2 Å². The zero-order valence-corrected chi connectivity index (χ0v) is 15.6. The predicted octanol–water partition coefficient (Wildman–Crippen LogP) is 4.21. The fourth-order valence-electron chi connectivity index (χ4n) is 2.18. The molecule has 0 amide bonds. The smallest absolute Gasteiger partial charge is 0.341 e. The topological polar surface area (TPSA) is 88.0 Å². The van der Waals surface area contributed by atoms with Crippen molar-refractivity contribution in [2.45, 2.75) is 13.5 Å². The Balaban J connectivity index is 2.00. The minimum Gasteiger partial charge on any atom is -0.507 e. The lowest BCUT2D eigenvalue weighted by Gasteiger charge is -2.11. The highest BCUT2D eigenvalue weighted by molar-refractivity contribution is 6.35. The molecule has 0 aromatic heterocycles. The molecule has 8 heteroatoms. The van der Waals surface area contributed by atoms with Crippen molar-refractivity contribution in [3.05, 3.63) is 51.5 Å². The zero-order valence-electron chi connectivity index (χ0n) is 14.1. The number of halogens is 2. The van der Waals surface area contributed by atoms with Crippen LogP contribution in [-0.2, 0) is 16.0 Å². The monoisotopic (exact) mass is 399 g/mol. The van der Waals surface area contributed by atoms with Gasteiger partial charge in [0.15, 0.2) is 0 Å². The fraction of sp³-hybridized carbons (Fsp3) is 0.278. The maximum atomic E-state index is 11.9. The minimum atomic E-state index is -0.631. The van der Waals surface area contributed by atoms with E-state index in [1.807, 2.05) is 6.92 Å². The van der Waals surface area contributed by atoms with E-state index in [1.165, 1.54) is 18.2 Å². The number of anilines is 1. The molecule has 0 aliphatic heterocycles. The van der Waals surface area contributed by atoms with Crippen LogP contribution in [0.25, 0.3) is 0 Å². The number of phenolic OH excluding ortho intramolecular Hbond substituents is 2. The molecule has 0 aliphatic carbocycles. The minimum absolute atomic E-state index is 0.0562. The molecular formula is C18H19Cl2NO5. The van der Waals surface area contributed by atoms with E-state index >= 15 is 0 Å². The summed E-state index contributed by atoms with van der Waals surface area (Å²) >= 11 is 11.8. The van der Waals surface area contributed by atoms with E-state index in [1.54, 1.807) is 12.1 Å². The first-order valence-electron chi connectivity index (χ1n) is 7.91. The second kappa shape index (κ2) is 9.52. The van der Waals surface area contributed by atoms with Crippen molar-refractivity contribution in [2.75, 3.05) is 25.1 Å². The SMILES string of the molecule is CCOCCOC(=O)c1ccc(NCc2cc(Cl)cc(Cl)c2O)cc1O. The Labute approximate surface area is 161 Å². The second-order valence-corrected chi connectivity index (χ2v) is 6.16. The lowest BCUT2D eigenvalue weighted by molar-refractivity contribution is 0.0332. The van der Waals surface area contributed by atoms with Gasteiger partial charge in [-0.3, -0.25) is 0 Å². The lowest BCUT2D eigenvalue weighted by Crippen LogP contribution is -2.11. The van der Waals surface area contributed by atoms with E-state index in [-0.39, 0.29) is 35.2 Å². The summed E-state index contributed by atoms with van der Waals surface area (Å²) in [4.78, 5) is 11.9. The van der Waals surface area contributed by atoms with Gasteiger partial charge in [0.05, 0.1) is 11.6 Å². The van der Waals surface area contributed by atoms with E-state index in [4.69, 9.17) is 32.7 Å². The maximum absolute atomic E-state index is 11.9. The number of carbonyl (C=O) groups excluding carboxylic acids is 1. The van der Waals surface area contributed by atoms with E-state index in [0.29, 0.717) is 29.5 Å². The summed E-state index contributed by atoms with van der Waals surface area (Å²) in [6.07, 6.45) is 0. The summed E-state index contributed by atoms with van der Waals surface area (Å²) in [6, 6.07) is 7.48. The first kappa shape index (κ1) is 20.2. The number of nitrogens with one attached hydrogen (secondary N) is 1. The average molecular weight is 400 g/mol. The highest BCUT2D eigenvalue weighted by atomic mass is 35.5. The molecule has 2 aromatic rings. The number of aromatic hydroxyl groups is 2. The molecule has 140 valence electrons. The fourth-order valence-corrected chi connectivity index (χ4v) is 2.72. The molecule has 0 fully saturated rings. The van der Waals surface area contributed by atoms with Crippen molar-refractivity contribution in [3.8, 4) is 11.5 Å². The number of hydrogen-bond acceptors (Lipinski definition) is 6. The molecule has 0 atom stereocenters. The molecule has 3 N–H and O–H groups in total. The van der Waals surface area contributed by atoms with Crippen LogP contribution in [0.1, 0.15) is 22.8 Å². The first-order valence-corrected chi connectivity index (χ1v) is 8.66. The summed E-state index contributed by atoms with van der Waals surface area (Å²) in [5.74, 6) is -0.917. The molecule has 0 saturated carbocycles. The van der Waals surface area contributed by atoms with Crippen molar-refractivity contribution in [2.24, 2.45) is 0 Å². The van der Waals surface area contributed by atoms with Crippen LogP contribution >= 0.6 is 23.2 Å².